The molecule has 1 aliphatic heterocycles. The Bertz CT molecular complexity index is 253. The summed E-state index contributed by atoms with van der Waals surface area (Å²) in [5.74, 6) is 0. The van der Waals surface area contributed by atoms with Gasteiger partial charge in [-0.15, -0.1) is 0 Å². The van der Waals surface area contributed by atoms with Gasteiger partial charge in [0.1, 0.15) is 0 Å². The zero-order valence-corrected chi connectivity index (χ0v) is 13.1. The molecule has 1 saturated carbocycles. The van der Waals surface area contributed by atoms with Crippen molar-refractivity contribution < 1.29 is 4.74 Å². The Hall–Kier alpha value is -0.120. The first-order chi connectivity index (χ1) is 9.13. The van der Waals surface area contributed by atoms with Gasteiger partial charge < -0.3 is 10.1 Å². The topological polar surface area (TPSA) is 24.5 Å². The van der Waals surface area contributed by atoms with Crippen LogP contribution < -0.4 is 5.32 Å². The maximum Gasteiger partial charge on any atom is 0.0678 e. The van der Waals surface area contributed by atoms with Crippen LogP contribution >= 0.6 is 0 Å². The second-order valence-corrected chi connectivity index (χ2v) is 6.84. The van der Waals surface area contributed by atoms with E-state index in [1.165, 1.54) is 45.2 Å². The quantitative estimate of drug-likeness (QED) is 0.750. The summed E-state index contributed by atoms with van der Waals surface area (Å²) in [6, 6.07) is 0. The molecule has 0 radical (unpaired) electrons. The van der Waals surface area contributed by atoms with E-state index in [1.807, 2.05) is 0 Å². The van der Waals surface area contributed by atoms with E-state index < -0.39 is 0 Å². The van der Waals surface area contributed by atoms with Crippen LogP contribution in [0.4, 0.5) is 0 Å². The van der Waals surface area contributed by atoms with Crippen molar-refractivity contribution in [1.82, 2.24) is 10.2 Å². The number of hydrogen-bond acceptors (Lipinski definition) is 3. The van der Waals surface area contributed by atoms with E-state index in [9.17, 15) is 0 Å². The van der Waals surface area contributed by atoms with Gasteiger partial charge in [0, 0.05) is 26.2 Å². The van der Waals surface area contributed by atoms with Crippen molar-refractivity contribution in [2.75, 3.05) is 32.7 Å². The van der Waals surface area contributed by atoms with E-state index >= 15 is 0 Å². The Kier molecular flexibility index (Phi) is 5.67. The number of ether oxygens (including phenoxy) is 1. The monoisotopic (exact) mass is 268 g/mol. The minimum atomic E-state index is 0.394. The summed E-state index contributed by atoms with van der Waals surface area (Å²) in [6.07, 6.45) is 7.68. The van der Waals surface area contributed by atoms with E-state index in [1.54, 1.807) is 0 Å². The second kappa shape index (κ2) is 7.05. The Morgan fingerprint density at radius 3 is 2.37 bits per heavy atom. The molecular weight excluding hydrogens is 236 g/mol. The van der Waals surface area contributed by atoms with E-state index in [2.05, 4.69) is 31.0 Å². The van der Waals surface area contributed by atoms with E-state index in [0.29, 0.717) is 17.6 Å². The molecule has 3 heteroatoms. The van der Waals surface area contributed by atoms with Gasteiger partial charge in [-0.2, -0.15) is 0 Å². The summed E-state index contributed by atoms with van der Waals surface area (Å²) >= 11 is 0. The number of morpholine rings is 1. The Balaban J connectivity index is 1.88. The molecular formula is C16H32N2O. The van der Waals surface area contributed by atoms with Crippen LogP contribution in [-0.2, 0) is 4.74 Å². The lowest BCUT2D eigenvalue weighted by molar-refractivity contribution is -0.0773. The van der Waals surface area contributed by atoms with Crippen LogP contribution in [0, 0.1) is 5.41 Å². The molecule has 2 fully saturated rings. The molecule has 2 atom stereocenters. The summed E-state index contributed by atoms with van der Waals surface area (Å²) in [4.78, 5) is 2.65. The lowest BCUT2D eigenvalue weighted by atomic mass is 9.85. The van der Waals surface area contributed by atoms with Crippen LogP contribution in [-0.4, -0.2) is 49.8 Å². The first kappa shape index (κ1) is 15.3. The van der Waals surface area contributed by atoms with Gasteiger partial charge in [-0.25, -0.2) is 0 Å². The van der Waals surface area contributed by atoms with E-state index in [0.717, 1.165) is 19.6 Å². The molecule has 0 spiro atoms. The lowest BCUT2D eigenvalue weighted by Gasteiger charge is -2.41. The lowest BCUT2D eigenvalue weighted by Crippen LogP contribution is -2.51. The first-order valence-corrected chi connectivity index (χ1v) is 8.22. The third-order valence-corrected chi connectivity index (χ3v) is 4.65. The highest BCUT2D eigenvalue weighted by Gasteiger charge is 2.36. The number of hydrogen-bond donors (Lipinski definition) is 1. The highest BCUT2D eigenvalue weighted by Crippen LogP contribution is 2.38. The fourth-order valence-corrected chi connectivity index (χ4v) is 3.93. The third kappa shape index (κ3) is 4.44. The van der Waals surface area contributed by atoms with Crippen LogP contribution in [0.15, 0.2) is 0 Å². The Morgan fingerprint density at radius 1 is 1.16 bits per heavy atom. The van der Waals surface area contributed by atoms with E-state index in [-0.39, 0.29) is 0 Å². The summed E-state index contributed by atoms with van der Waals surface area (Å²) in [7, 11) is 0. The van der Waals surface area contributed by atoms with Gasteiger partial charge in [0.05, 0.1) is 12.2 Å². The zero-order chi connectivity index (χ0) is 13.7. The van der Waals surface area contributed by atoms with Gasteiger partial charge in [0.15, 0.2) is 0 Å². The standard InChI is InChI=1S/C16H32N2O/c1-4-9-17-12-16(7-5-6-8-16)13-18-10-14(2)19-15(3)11-18/h14-15,17H,4-13H2,1-3H3/t14-,15+. The molecule has 1 aliphatic carbocycles. The molecule has 0 aromatic carbocycles. The maximum absolute atomic E-state index is 5.86. The molecule has 19 heavy (non-hydrogen) atoms. The third-order valence-electron chi connectivity index (χ3n) is 4.65. The molecule has 0 aromatic heterocycles. The summed E-state index contributed by atoms with van der Waals surface area (Å²) < 4.78 is 5.86. The molecule has 1 saturated heterocycles. The molecule has 2 rings (SSSR count). The minimum Gasteiger partial charge on any atom is -0.373 e. The van der Waals surface area contributed by atoms with Crippen molar-refractivity contribution in [2.24, 2.45) is 5.41 Å². The number of nitrogens with one attached hydrogen (secondary N) is 1. The highest BCUT2D eigenvalue weighted by atomic mass is 16.5. The fourth-order valence-electron chi connectivity index (χ4n) is 3.93. The van der Waals surface area contributed by atoms with Gasteiger partial charge in [0.2, 0.25) is 0 Å². The summed E-state index contributed by atoms with van der Waals surface area (Å²) in [5.41, 5.74) is 0.534. The highest BCUT2D eigenvalue weighted by molar-refractivity contribution is 4.91. The average molecular weight is 268 g/mol. The number of rotatable bonds is 6. The zero-order valence-electron chi connectivity index (χ0n) is 13.1. The second-order valence-electron chi connectivity index (χ2n) is 6.84. The van der Waals surface area contributed by atoms with Crippen molar-refractivity contribution in [2.45, 2.75) is 65.1 Å². The summed E-state index contributed by atoms with van der Waals surface area (Å²) in [5, 5.41) is 3.67. The van der Waals surface area contributed by atoms with Crippen LogP contribution in [0.3, 0.4) is 0 Å². The van der Waals surface area contributed by atoms with E-state index in [4.69, 9.17) is 4.74 Å². The van der Waals surface area contributed by atoms with Gasteiger partial charge in [0.25, 0.3) is 0 Å². The van der Waals surface area contributed by atoms with Crippen molar-refractivity contribution in [3.63, 3.8) is 0 Å². The van der Waals surface area contributed by atoms with Gasteiger partial charge in [-0.3, -0.25) is 4.90 Å². The molecule has 3 nitrogen and oxygen atoms in total. The molecule has 0 amide bonds. The Morgan fingerprint density at radius 2 is 1.79 bits per heavy atom. The predicted molar refractivity (Wildman–Crippen MR) is 80.5 cm³/mol. The molecule has 0 unspecified atom stereocenters. The van der Waals surface area contributed by atoms with Crippen LogP contribution in [0.5, 0.6) is 0 Å². The molecule has 0 bridgehead atoms. The molecule has 1 N–H and O–H groups in total. The Labute approximate surface area is 119 Å². The maximum atomic E-state index is 5.86. The fraction of sp³-hybridized carbons (Fsp3) is 1.00. The molecule has 112 valence electrons. The summed E-state index contributed by atoms with van der Waals surface area (Å²) in [6.45, 7) is 12.5. The normalized spacial score (nSPS) is 31.7. The SMILES string of the molecule is CCCNCC1(CN2C[C@@H](C)O[C@@H](C)C2)CCCC1. The van der Waals surface area contributed by atoms with Crippen molar-refractivity contribution in [3.8, 4) is 0 Å². The van der Waals surface area contributed by atoms with Crippen LogP contribution in [0.25, 0.3) is 0 Å². The minimum absolute atomic E-state index is 0.394. The first-order valence-electron chi connectivity index (χ1n) is 8.22. The van der Waals surface area contributed by atoms with Crippen LogP contribution in [0.1, 0.15) is 52.9 Å². The predicted octanol–water partition coefficient (Wildman–Crippen LogP) is 2.66. The van der Waals surface area contributed by atoms with Crippen LogP contribution in [0.2, 0.25) is 0 Å². The number of nitrogens with zero attached hydrogens (tertiary/aromatic N) is 1. The molecule has 2 aliphatic rings. The van der Waals surface area contributed by atoms with Gasteiger partial charge in [-0.1, -0.05) is 19.8 Å². The largest absolute Gasteiger partial charge is 0.373 e. The molecule has 0 aromatic rings. The van der Waals surface area contributed by atoms with Gasteiger partial charge >= 0.3 is 0 Å². The molecule has 1 heterocycles. The smallest absolute Gasteiger partial charge is 0.0678 e. The average Bonchev–Trinajstić information content (AvgIpc) is 2.77. The van der Waals surface area contributed by atoms with Crippen molar-refractivity contribution in [3.05, 3.63) is 0 Å². The van der Waals surface area contributed by atoms with Crippen molar-refractivity contribution in [1.29, 1.82) is 0 Å². The van der Waals surface area contributed by atoms with Crippen molar-refractivity contribution >= 4 is 0 Å². The van der Waals surface area contributed by atoms with Gasteiger partial charge in [-0.05, 0) is 45.1 Å².